The molecule has 46 heavy (non-hydrogen) atoms. The van der Waals surface area contributed by atoms with E-state index in [4.69, 9.17) is 37.9 Å². The molecule has 3 aromatic carbocycles. The molecule has 10 heteroatoms. The van der Waals surface area contributed by atoms with E-state index in [-0.39, 0.29) is 10.8 Å². The van der Waals surface area contributed by atoms with Crippen LogP contribution >= 0.6 is 0 Å². The lowest BCUT2D eigenvalue weighted by Gasteiger charge is -2.37. The van der Waals surface area contributed by atoms with Gasteiger partial charge in [-0.3, -0.25) is 0 Å². The molecule has 0 aliphatic carbocycles. The molecule has 5 rings (SSSR count). The molecule has 2 fully saturated rings. The highest BCUT2D eigenvalue weighted by atomic mass is 16.5. The predicted octanol–water partition coefficient (Wildman–Crippen LogP) is 5.77. The Labute approximate surface area is 269 Å². The van der Waals surface area contributed by atoms with Gasteiger partial charge in [0.15, 0.2) is 0 Å². The summed E-state index contributed by atoms with van der Waals surface area (Å²) in [5.74, 6) is 0.957. The van der Waals surface area contributed by atoms with E-state index in [1.54, 1.807) is 72.8 Å². The van der Waals surface area contributed by atoms with Crippen molar-refractivity contribution < 1.29 is 47.5 Å². The van der Waals surface area contributed by atoms with Crippen LogP contribution in [0, 0.1) is 10.8 Å². The van der Waals surface area contributed by atoms with Crippen LogP contribution in [-0.4, -0.2) is 78.0 Å². The normalized spacial score (nSPS) is 16.0. The molecule has 2 aliphatic rings. The highest BCUT2D eigenvalue weighted by Gasteiger charge is 2.34. The minimum absolute atomic E-state index is 0.144. The Morgan fingerprint density at radius 2 is 0.891 bits per heavy atom. The molecule has 0 unspecified atom stereocenters. The fourth-order valence-electron chi connectivity index (χ4n) is 4.69. The molecule has 0 radical (unpaired) electrons. The summed E-state index contributed by atoms with van der Waals surface area (Å²) in [6, 6.07) is 19.8. The lowest BCUT2D eigenvalue weighted by Crippen LogP contribution is -2.43. The van der Waals surface area contributed by atoms with Crippen molar-refractivity contribution in [1.82, 2.24) is 0 Å². The zero-order chi connectivity index (χ0) is 32.2. The number of ether oxygens (including phenoxy) is 8. The standard InChI is InChI=1S/C36H42O10/c1-35(23-41-24-35)21-39-17-3-19-43-29-9-5-27(6-10-29)33(37)45-31-13-15-32(16-14-31)46-34(38)28-7-11-30(12-8-28)44-20-4-18-40-22-36(2)25-42-26-36/h5-16H,3-4,17-26H2,1-2H3. The fraction of sp³-hybridized carbons (Fsp3) is 0.444. The molecule has 2 aliphatic heterocycles. The van der Waals surface area contributed by atoms with E-state index in [1.807, 2.05) is 0 Å². The summed E-state index contributed by atoms with van der Waals surface area (Å²) in [5.41, 5.74) is 1.06. The van der Waals surface area contributed by atoms with Gasteiger partial charge in [0.05, 0.1) is 64.0 Å². The number of carbonyl (C=O) groups excluding carboxylic acids is 2. The molecule has 2 heterocycles. The third-order valence-corrected chi connectivity index (χ3v) is 7.53. The van der Waals surface area contributed by atoms with E-state index in [0.717, 1.165) is 39.3 Å². The number of carbonyl (C=O) groups is 2. The van der Waals surface area contributed by atoms with E-state index in [0.29, 0.717) is 73.8 Å². The summed E-state index contributed by atoms with van der Waals surface area (Å²) in [6.07, 6.45) is 1.53. The van der Waals surface area contributed by atoms with Crippen LogP contribution in [-0.2, 0) is 18.9 Å². The topological polar surface area (TPSA) is 108 Å². The molecule has 2 saturated heterocycles. The second kappa shape index (κ2) is 16.0. The van der Waals surface area contributed by atoms with Gasteiger partial charge in [0, 0.05) is 36.9 Å². The van der Waals surface area contributed by atoms with Gasteiger partial charge in [-0.05, 0) is 72.8 Å². The molecule has 10 nitrogen and oxygen atoms in total. The van der Waals surface area contributed by atoms with Crippen molar-refractivity contribution in [3.05, 3.63) is 83.9 Å². The third-order valence-electron chi connectivity index (χ3n) is 7.53. The number of rotatable bonds is 18. The van der Waals surface area contributed by atoms with Crippen LogP contribution < -0.4 is 18.9 Å². The summed E-state index contributed by atoms with van der Waals surface area (Å²) >= 11 is 0. The van der Waals surface area contributed by atoms with Gasteiger partial charge in [0.2, 0.25) is 0 Å². The molecular weight excluding hydrogens is 592 g/mol. The van der Waals surface area contributed by atoms with Gasteiger partial charge < -0.3 is 37.9 Å². The molecule has 0 N–H and O–H groups in total. The monoisotopic (exact) mass is 634 g/mol. The van der Waals surface area contributed by atoms with E-state index < -0.39 is 11.9 Å². The first-order valence-corrected chi connectivity index (χ1v) is 15.6. The second-order valence-electron chi connectivity index (χ2n) is 12.4. The highest BCUT2D eigenvalue weighted by molar-refractivity contribution is 5.92. The lowest BCUT2D eigenvalue weighted by molar-refractivity contribution is -0.138. The van der Waals surface area contributed by atoms with Crippen LogP contribution in [0.2, 0.25) is 0 Å². The Kier molecular flexibility index (Phi) is 11.7. The first kappa shape index (κ1) is 33.4. The predicted molar refractivity (Wildman–Crippen MR) is 169 cm³/mol. The van der Waals surface area contributed by atoms with Gasteiger partial charge in [-0.2, -0.15) is 0 Å². The Hall–Kier alpha value is -3.96. The van der Waals surface area contributed by atoms with Gasteiger partial charge in [0.1, 0.15) is 23.0 Å². The van der Waals surface area contributed by atoms with Crippen LogP contribution in [0.1, 0.15) is 47.4 Å². The van der Waals surface area contributed by atoms with Gasteiger partial charge in [-0.25, -0.2) is 9.59 Å². The minimum Gasteiger partial charge on any atom is -0.494 e. The number of hydrogen-bond acceptors (Lipinski definition) is 10. The smallest absolute Gasteiger partial charge is 0.343 e. The van der Waals surface area contributed by atoms with E-state index in [2.05, 4.69) is 13.8 Å². The summed E-state index contributed by atoms with van der Waals surface area (Å²) in [5, 5.41) is 0. The Balaban J connectivity index is 0.969. The summed E-state index contributed by atoms with van der Waals surface area (Å²) in [6.45, 7) is 11.0. The van der Waals surface area contributed by atoms with Crippen LogP contribution in [0.3, 0.4) is 0 Å². The summed E-state index contributed by atoms with van der Waals surface area (Å²) in [7, 11) is 0. The molecule has 3 aromatic rings. The zero-order valence-corrected chi connectivity index (χ0v) is 26.5. The minimum atomic E-state index is -0.508. The van der Waals surface area contributed by atoms with E-state index >= 15 is 0 Å². The van der Waals surface area contributed by atoms with E-state index in [9.17, 15) is 9.59 Å². The van der Waals surface area contributed by atoms with Crippen molar-refractivity contribution in [3.63, 3.8) is 0 Å². The lowest BCUT2D eigenvalue weighted by atomic mass is 9.90. The average molecular weight is 635 g/mol. The van der Waals surface area contributed by atoms with Crippen molar-refractivity contribution in [2.24, 2.45) is 10.8 Å². The van der Waals surface area contributed by atoms with Crippen molar-refractivity contribution in [2.45, 2.75) is 26.7 Å². The first-order valence-electron chi connectivity index (χ1n) is 15.6. The molecule has 0 spiro atoms. The number of benzene rings is 3. The van der Waals surface area contributed by atoms with Crippen molar-refractivity contribution in [2.75, 3.05) is 66.1 Å². The SMILES string of the molecule is CC1(COCCCOc2ccc(C(=O)Oc3ccc(OC(=O)c4ccc(OCCCOCC5(C)COC5)cc4)cc3)cc2)COC1. The van der Waals surface area contributed by atoms with Crippen LogP contribution in [0.25, 0.3) is 0 Å². The molecule has 246 valence electrons. The average Bonchev–Trinajstić information content (AvgIpc) is 3.04. The molecule has 0 aromatic heterocycles. The van der Waals surface area contributed by atoms with E-state index in [1.165, 1.54) is 0 Å². The summed E-state index contributed by atoms with van der Waals surface area (Å²) < 4.78 is 44.3. The molecular formula is C36H42O10. The maximum absolute atomic E-state index is 12.6. The van der Waals surface area contributed by atoms with Gasteiger partial charge in [0.25, 0.3) is 0 Å². The summed E-state index contributed by atoms with van der Waals surface area (Å²) in [4.78, 5) is 25.2. The molecule has 0 atom stereocenters. The van der Waals surface area contributed by atoms with Crippen LogP contribution in [0.5, 0.6) is 23.0 Å². The van der Waals surface area contributed by atoms with Crippen molar-refractivity contribution in [1.29, 1.82) is 0 Å². The van der Waals surface area contributed by atoms with Crippen LogP contribution in [0.4, 0.5) is 0 Å². The molecule has 0 bridgehead atoms. The molecule has 0 amide bonds. The Morgan fingerprint density at radius 3 is 1.22 bits per heavy atom. The van der Waals surface area contributed by atoms with Crippen LogP contribution in [0.15, 0.2) is 72.8 Å². The first-order chi connectivity index (χ1) is 22.3. The van der Waals surface area contributed by atoms with Gasteiger partial charge in [-0.1, -0.05) is 13.8 Å². The highest BCUT2D eigenvalue weighted by Crippen LogP contribution is 2.27. The third kappa shape index (κ3) is 10.0. The fourth-order valence-corrected chi connectivity index (χ4v) is 4.69. The maximum Gasteiger partial charge on any atom is 0.343 e. The zero-order valence-electron chi connectivity index (χ0n) is 26.5. The van der Waals surface area contributed by atoms with Gasteiger partial charge >= 0.3 is 11.9 Å². The molecule has 0 saturated carbocycles. The number of esters is 2. The maximum atomic E-state index is 12.6. The van der Waals surface area contributed by atoms with Crippen molar-refractivity contribution in [3.8, 4) is 23.0 Å². The van der Waals surface area contributed by atoms with Crippen molar-refractivity contribution >= 4 is 11.9 Å². The quantitative estimate of drug-likeness (QED) is 0.0973. The second-order valence-corrected chi connectivity index (χ2v) is 12.4. The number of hydrogen-bond donors (Lipinski definition) is 0. The Bertz CT molecular complexity index is 1290. The Morgan fingerprint density at radius 1 is 0.543 bits per heavy atom. The largest absolute Gasteiger partial charge is 0.494 e. The van der Waals surface area contributed by atoms with Gasteiger partial charge in [-0.15, -0.1) is 0 Å².